The molecule has 0 saturated heterocycles. The molecule has 2 aromatic rings. The smallest absolute Gasteiger partial charge is 0.296 e. The number of carbonyl (C=O) groups is 1. The van der Waals surface area contributed by atoms with Gasteiger partial charge in [-0.25, -0.2) is 8.78 Å². The molecule has 0 fully saturated rings. The van der Waals surface area contributed by atoms with Crippen LogP contribution in [0.3, 0.4) is 0 Å². The zero-order valence-electron chi connectivity index (χ0n) is 10.5. The third kappa shape index (κ3) is 2.62. The van der Waals surface area contributed by atoms with Crippen molar-refractivity contribution < 1.29 is 18.1 Å². The predicted molar refractivity (Wildman–Crippen MR) is 64.9 cm³/mol. The molecule has 100 valence electrons. The minimum atomic E-state index is -1.00. The molecule has 1 heterocycles. The van der Waals surface area contributed by atoms with Gasteiger partial charge in [0.05, 0.1) is 5.69 Å². The molecular formula is C13H12F2N2O2. The van der Waals surface area contributed by atoms with Crippen molar-refractivity contribution in [1.29, 1.82) is 0 Å². The molecule has 1 amide bonds. The van der Waals surface area contributed by atoms with Gasteiger partial charge in [-0.2, -0.15) is 0 Å². The molecule has 6 heteroatoms. The van der Waals surface area contributed by atoms with Crippen molar-refractivity contribution in [2.24, 2.45) is 0 Å². The number of carbonyl (C=O) groups excluding carboxylic acids is 1. The summed E-state index contributed by atoms with van der Waals surface area (Å²) in [7, 11) is 0. The fourth-order valence-electron chi connectivity index (χ4n) is 1.69. The third-order valence-corrected chi connectivity index (χ3v) is 2.61. The van der Waals surface area contributed by atoms with Gasteiger partial charge in [-0.3, -0.25) is 4.79 Å². The normalized spacial score (nSPS) is 10.5. The molecule has 0 bridgehead atoms. The van der Waals surface area contributed by atoms with Crippen molar-refractivity contribution in [1.82, 2.24) is 5.16 Å². The molecule has 0 radical (unpaired) electrons. The molecule has 0 aliphatic carbocycles. The van der Waals surface area contributed by atoms with E-state index < -0.39 is 17.5 Å². The van der Waals surface area contributed by atoms with Gasteiger partial charge in [-0.05, 0) is 26.0 Å². The van der Waals surface area contributed by atoms with Crippen LogP contribution >= 0.6 is 0 Å². The van der Waals surface area contributed by atoms with E-state index in [1.165, 1.54) is 17.0 Å². The molecule has 0 saturated carbocycles. The van der Waals surface area contributed by atoms with Crippen LogP contribution in [0.2, 0.25) is 0 Å². The number of amides is 1. The maximum atomic E-state index is 13.2. The summed E-state index contributed by atoms with van der Waals surface area (Å²) in [5.74, 6) is -2.35. The van der Waals surface area contributed by atoms with Gasteiger partial charge in [-0.15, -0.1) is 0 Å². The second-order valence-corrected chi connectivity index (χ2v) is 3.98. The second kappa shape index (κ2) is 5.17. The van der Waals surface area contributed by atoms with Crippen molar-refractivity contribution in [3.8, 4) is 0 Å². The molecule has 1 aromatic carbocycles. The van der Waals surface area contributed by atoms with Crippen LogP contribution in [-0.4, -0.2) is 17.6 Å². The Bertz CT molecular complexity index is 610. The quantitative estimate of drug-likeness (QED) is 0.858. The lowest BCUT2D eigenvalue weighted by molar-refractivity contribution is 0.0952. The van der Waals surface area contributed by atoms with Crippen LogP contribution in [-0.2, 0) is 0 Å². The Morgan fingerprint density at radius 1 is 1.32 bits per heavy atom. The van der Waals surface area contributed by atoms with Gasteiger partial charge in [0, 0.05) is 24.4 Å². The van der Waals surface area contributed by atoms with E-state index in [9.17, 15) is 13.6 Å². The van der Waals surface area contributed by atoms with E-state index in [2.05, 4.69) is 5.16 Å². The topological polar surface area (TPSA) is 46.3 Å². The van der Waals surface area contributed by atoms with Crippen molar-refractivity contribution >= 4 is 11.6 Å². The largest absolute Gasteiger partial charge is 0.351 e. The predicted octanol–water partition coefficient (Wildman–Crippen LogP) is 2.93. The molecule has 2 rings (SSSR count). The number of nitrogens with zero attached hydrogens (tertiary/aromatic N) is 2. The van der Waals surface area contributed by atoms with Gasteiger partial charge in [0.25, 0.3) is 5.91 Å². The van der Waals surface area contributed by atoms with Crippen molar-refractivity contribution in [3.05, 3.63) is 47.4 Å². The minimum absolute atomic E-state index is 0.0593. The number of aryl methyl sites for hydroxylation is 1. The summed E-state index contributed by atoms with van der Waals surface area (Å²) >= 11 is 0. The molecular weight excluding hydrogens is 254 g/mol. The molecule has 0 aliphatic heterocycles. The Kier molecular flexibility index (Phi) is 3.59. The van der Waals surface area contributed by atoms with E-state index in [-0.39, 0.29) is 11.4 Å². The fraction of sp³-hybridized carbons (Fsp3) is 0.231. The lowest BCUT2D eigenvalue weighted by Gasteiger charge is -2.19. The molecule has 0 spiro atoms. The van der Waals surface area contributed by atoms with Crippen LogP contribution in [0, 0.1) is 18.6 Å². The lowest BCUT2D eigenvalue weighted by atomic mass is 10.2. The van der Waals surface area contributed by atoms with Crippen LogP contribution in [0.4, 0.5) is 14.5 Å². The number of aromatic nitrogens is 1. The Hall–Kier alpha value is -2.24. The molecule has 0 unspecified atom stereocenters. The number of hydrogen-bond donors (Lipinski definition) is 0. The van der Waals surface area contributed by atoms with Gasteiger partial charge in [0.1, 0.15) is 0 Å². The fourth-order valence-corrected chi connectivity index (χ4v) is 1.69. The van der Waals surface area contributed by atoms with E-state index in [4.69, 9.17) is 4.52 Å². The van der Waals surface area contributed by atoms with Crippen LogP contribution in [0.25, 0.3) is 0 Å². The SMILES string of the molecule is CCN(C(=O)c1cc(C)no1)c1ccc(F)c(F)c1. The maximum absolute atomic E-state index is 13.2. The van der Waals surface area contributed by atoms with E-state index >= 15 is 0 Å². The molecule has 0 N–H and O–H groups in total. The average Bonchev–Trinajstić information content (AvgIpc) is 2.81. The second-order valence-electron chi connectivity index (χ2n) is 3.98. The first-order chi connectivity index (χ1) is 9.02. The van der Waals surface area contributed by atoms with Gasteiger partial charge < -0.3 is 9.42 Å². The lowest BCUT2D eigenvalue weighted by Crippen LogP contribution is -2.30. The summed E-state index contributed by atoms with van der Waals surface area (Å²) in [6.07, 6.45) is 0. The van der Waals surface area contributed by atoms with Crippen molar-refractivity contribution in [2.45, 2.75) is 13.8 Å². The Balaban J connectivity index is 2.33. The van der Waals surface area contributed by atoms with E-state index in [1.807, 2.05) is 0 Å². The molecule has 19 heavy (non-hydrogen) atoms. The van der Waals surface area contributed by atoms with Crippen LogP contribution in [0.1, 0.15) is 23.2 Å². The van der Waals surface area contributed by atoms with Crippen molar-refractivity contribution in [2.75, 3.05) is 11.4 Å². The molecule has 4 nitrogen and oxygen atoms in total. The van der Waals surface area contributed by atoms with Gasteiger partial charge in [-0.1, -0.05) is 5.16 Å². The van der Waals surface area contributed by atoms with E-state index in [1.54, 1.807) is 13.8 Å². The number of halogens is 2. The number of hydrogen-bond acceptors (Lipinski definition) is 3. The van der Waals surface area contributed by atoms with Crippen LogP contribution in [0.5, 0.6) is 0 Å². The van der Waals surface area contributed by atoms with Gasteiger partial charge >= 0.3 is 0 Å². The molecule has 0 aliphatic rings. The van der Waals surface area contributed by atoms with Crippen LogP contribution < -0.4 is 4.90 Å². The summed E-state index contributed by atoms with van der Waals surface area (Å²) in [6, 6.07) is 4.78. The van der Waals surface area contributed by atoms with Gasteiger partial charge in [0.15, 0.2) is 11.6 Å². The Morgan fingerprint density at radius 2 is 2.05 bits per heavy atom. The summed E-state index contributed by atoms with van der Waals surface area (Å²) in [5, 5.41) is 3.62. The standard InChI is InChI=1S/C13H12F2N2O2/c1-3-17(9-4-5-10(14)11(15)7-9)13(18)12-6-8(2)16-19-12/h4-7H,3H2,1-2H3. The van der Waals surface area contributed by atoms with E-state index in [0.717, 1.165) is 12.1 Å². The zero-order valence-corrected chi connectivity index (χ0v) is 10.5. The van der Waals surface area contributed by atoms with Crippen molar-refractivity contribution in [3.63, 3.8) is 0 Å². The van der Waals surface area contributed by atoms with E-state index in [0.29, 0.717) is 12.2 Å². The summed E-state index contributed by atoms with van der Waals surface area (Å²) in [4.78, 5) is 13.4. The first kappa shape index (κ1) is 13.2. The monoisotopic (exact) mass is 266 g/mol. The summed E-state index contributed by atoms with van der Waals surface area (Å²) < 4.78 is 31.0. The van der Waals surface area contributed by atoms with Gasteiger partial charge in [0.2, 0.25) is 5.76 Å². The highest BCUT2D eigenvalue weighted by Gasteiger charge is 2.21. The summed E-state index contributed by atoms with van der Waals surface area (Å²) in [5.41, 5.74) is 0.838. The zero-order chi connectivity index (χ0) is 14.0. The minimum Gasteiger partial charge on any atom is -0.351 e. The number of anilines is 1. The first-order valence-electron chi connectivity index (χ1n) is 5.73. The highest BCUT2D eigenvalue weighted by atomic mass is 19.2. The number of rotatable bonds is 3. The highest BCUT2D eigenvalue weighted by Crippen LogP contribution is 2.20. The Morgan fingerprint density at radius 3 is 2.58 bits per heavy atom. The molecule has 1 aromatic heterocycles. The number of benzene rings is 1. The molecule has 0 atom stereocenters. The average molecular weight is 266 g/mol. The maximum Gasteiger partial charge on any atom is 0.296 e. The summed E-state index contributed by atoms with van der Waals surface area (Å²) in [6.45, 7) is 3.71. The highest BCUT2D eigenvalue weighted by molar-refractivity contribution is 6.04. The first-order valence-corrected chi connectivity index (χ1v) is 5.73. The Labute approximate surface area is 108 Å². The van der Waals surface area contributed by atoms with Crippen LogP contribution in [0.15, 0.2) is 28.8 Å². The third-order valence-electron chi connectivity index (χ3n) is 2.61.